The number of hydroxylamine groups is 1. The van der Waals surface area contributed by atoms with Crippen LogP contribution < -0.4 is 15.5 Å². The molecule has 0 radical (unpaired) electrons. The Morgan fingerprint density at radius 1 is 1.00 bits per heavy atom. The highest BCUT2D eigenvalue weighted by Gasteiger charge is 2.17. The lowest BCUT2D eigenvalue weighted by Gasteiger charge is -2.17. The largest absolute Gasteiger partial charge is 0.490 e. The molecule has 1 aliphatic carbocycles. The van der Waals surface area contributed by atoms with E-state index in [0.29, 0.717) is 19.3 Å². The highest BCUT2D eigenvalue weighted by molar-refractivity contribution is 5.72. The first-order valence-electron chi connectivity index (χ1n) is 8.75. The van der Waals surface area contributed by atoms with Crippen molar-refractivity contribution in [2.24, 2.45) is 0 Å². The normalized spacial score (nSPS) is 14.2. The van der Waals surface area contributed by atoms with Crippen LogP contribution in [0.25, 0.3) is 0 Å². The molecule has 132 valence electrons. The molecular formula is C20H24N2O3. The molecule has 1 saturated carbocycles. The third kappa shape index (κ3) is 5.50. The van der Waals surface area contributed by atoms with Gasteiger partial charge in [0.1, 0.15) is 5.75 Å². The highest BCUT2D eigenvalue weighted by atomic mass is 16.7. The number of rotatable bonds is 7. The maximum atomic E-state index is 11.9. The second kappa shape index (κ2) is 9.08. The summed E-state index contributed by atoms with van der Waals surface area (Å²) in [5.41, 5.74) is 4.37. The van der Waals surface area contributed by atoms with Crippen molar-refractivity contribution in [3.05, 3.63) is 65.7 Å². The van der Waals surface area contributed by atoms with Crippen molar-refractivity contribution in [3.8, 4) is 5.75 Å². The van der Waals surface area contributed by atoms with E-state index in [-0.39, 0.29) is 6.03 Å². The minimum atomic E-state index is -0.369. The molecule has 5 nitrogen and oxygen atoms in total. The number of carbonyl (C=O) groups excluding carboxylic acids is 1. The fraction of sp³-hybridized carbons (Fsp3) is 0.350. The van der Waals surface area contributed by atoms with Crippen LogP contribution in [0.1, 0.15) is 36.8 Å². The zero-order valence-electron chi connectivity index (χ0n) is 14.2. The maximum Gasteiger partial charge on any atom is 0.338 e. The van der Waals surface area contributed by atoms with E-state index >= 15 is 0 Å². The van der Waals surface area contributed by atoms with Crippen molar-refractivity contribution in [1.29, 1.82) is 0 Å². The SMILES string of the molecule is O=C(NCc1ccccc1OC1CCCC1)NOCc1ccccc1. The van der Waals surface area contributed by atoms with Crippen LogP contribution in [0.2, 0.25) is 0 Å². The average molecular weight is 340 g/mol. The summed E-state index contributed by atoms with van der Waals surface area (Å²) in [5, 5.41) is 2.80. The fourth-order valence-electron chi connectivity index (χ4n) is 2.92. The van der Waals surface area contributed by atoms with Gasteiger partial charge < -0.3 is 10.1 Å². The summed E-state index contributed by atoms with van der Waals surface area (Å²) >= 11 is 0. The third-order valence-corrected chi connectivity index (χ3v) is 4.25. The van der Waals surface area contributed by atoms with Crippen molar-refractivity contribution in [2.75, 3.05) is 0 Å². The number of hydrogen-bond acceptors (Lipinski definition) is 3. The van der Waals surface area contributed by atoms with E-state index in [1.165, 1.54) is 12.8 Å². The molecule has 0 aliphatic heterocycles. The number of benzene rings is 2. The third-order valence-electron chi connectivity index (χ3n) is 4.25. The molecule has 0 spiro atoms. The zero-order chi connectivity index (χ0) is 17.3. The standard InChI is InChI=1S/C20H24N2O3/c23-20(22-24-15-16-8-2-1-3-9-16)21-14-17-10-4-7-13-19(17)25-18-11-5-6-12-18/h1-4,7-10,13,18H,5-6,11-12,14-15H2,(H2,21,22,23). The molecule has 0 bridgehead atoms. The lowest BCUT2D eigenvalue weighted by Crippen LogP contribution is -2.35. The minimum Gasteiger partial charge on any atom is -0.490 e. The molecule has 5 heteroatoms. The Labute approximate surface area is 148 Å². The van der Waals surface area contributed by atoms with Crippen LogP contribution in [0.3, 0.4) is 0 Å². The quantitative estimate of drug-likeness (QED) is 0.751. The van der Waals surface area contributed by atoms with E-state index in [2.05, 4.69) is 10.8 Å². The Hall–Kier alpha value is -2.53. The van der Waals surface area contributed by atoms with E-state index in [1.54, 1.807) is 0 Å². The van der Waals surface area contributed by atoms with Crippen LogP contribution >= 0.6 is 0 Å². The molecule has 2 aromatic carbocycles. The Morgan fingerprint density at radius 3 is 2.52 bits per heavy atom. The monoisotopic (exact) mass is 340 g/mol. The molecule has 1 fully saturated rings. The van der Waals surface area contributed by atoms with E-state index in [9.17, 15) is 4.79 Å². The molecule has 0 atom stereocenters. The van der Waals surface area contributed by atoms with E-state index in [1.807, 2.05) is 54.6 Å². The minimum absolute atomic E-state index is 0.296. The molecule has 0 unspecified atom stereocenters. The summed E-state index contributed by atoms with van der Waals surface area (Å²) in [6, 6.07) is 17.1. The van der Waals surface area contributed by atoms with Gasteiger partial charge in [-0.2, -0.15) is 0 Å². The predicted octanol–water partition coefficient (Wildman–Crippen LogP) is 3.94. The van der Waals surface area contributed by atoms with Gasteiger partial charge >= 0.3 is 6.03 Å². The van der Waals surface area contributed by atoms with E-state index in [4.69, 9.17) is 9.57 Å². The summed E-state index contributed by atoms with van der Waals surface area (Å²) < 4.78 is 6.07. The van der Waals surface area contributed by atoms with Crippen molar-refractivity contribution in [3.63, 3.8) is 0 Å². The van der Waals surface area contributed by atoms with Crippen molar-refractivity contribution < 1.29 is 14.4 Å². The molecule has 2 N–H and O–H groups in total. The molecule has 2 aromatic rings. The second-order valence-electron chi connectivity index (χ2n) is 6.19. The topological polar surface area (TPSA) is 59.6 Å². The molecular weight excluding hydrogens is 316 g/mol. The first-order valence-corrected chi connectivity index (χ1v) is 8.75. The van der Waals surface area contributed by atoms with Gasteiger partial charge in [0, 0.05) is 12.1 Å². The van der Waals surface area contributed by atoms with Gasteiger partial charge in [-0.25, -0.2) is 10.3 Å². The summed E-state index contributed by atoms with van der Waals surface area (Å²) in [4.78, 5) is 17.1. The first-order chi connectivity index (χ1) is 12.3. The molecule has 1 aliphatic rings. The summed E-state index contributed by atoms with van der Waals surface area (Å²) in [6.07, 6.45) is 4.97. The number of nitrogens with one attached hydrogen (secondary N) is 2. The molecule has 0 aromatic heterocycles. The predicted molar refractivity (Wildman–Crippen MR) is 95.9 cm³/mol. The Morgan fingerprint density at radius 2 is 1.72 bits per heavy atom. The number of para-hydroxylation sites is 1. The number of ether oxygens (including phenoxy) is 1. The number of amides is 2. The lowest BCUT2D eigenvalue weighted by atomic mass is 10.2. The molecule has 2 amide bonds. The van der Waals surface area contributed by atoms with Gasteiger partial charge in [-0.05, 0) is 37.3 Å². The van der Waals surface area contributed by atoms with E-state index < -0.39 is 0 Å². The van der Waals surface area contributed by atoms with Crippen molar-refractivity contribution >= 4 is 6.03 Å². The highest BCUT2D eigenvalue weighted by Crippen LogP contribution is 2.26. The van der Waals surface area contributed by atoms with Crippen LogP contribution in [0, 0.1) is 0 Å². The molecule has 0 heterocycles. The van der Waals surface area contributed by atoms with Crippen molar-refractivity contribution in [2.45, 2.75) is 44.9 Å². The van der Waals surface area contributed by atoms with Gasteiger partial charge in [-0.3, -0.25) is 4.84 Å². The maximum absolute atomic E-state index is 11.9. The van der Waals surface area contributed by atoms with Crippen molar-refractivity contribution in [1.82, 2.24) is 10.8 Å². The van der Waals surface area contributed by atoms with Gasteiger partial charge in [-0.15, -0.1) is 0 Å². The molecule has 0 saturated heterocycles. The van der Waals surface area contributed by atoms with Crippen LogP contribution in [0.5, 0.6) is 5.75 Å². The Balaban J connectivity index is 1.43. The molecule has 3 rings (SSSR count). The first kappa shape index (κ1) is 17.3. The smallest absolute Gasteiger partial charge is 0.338 e. The zero-order valence-corrected chi connectivity index (χ0v) is 14.2. The summed E-state index contributed by atoms with van der Waals surface area (Å²) in [5.74, 6) is 0.847. The van der Waals surface area contributed by atoms with Gasteiger partial charge in [-0.1, -0.05) is 48.5 Å². The Kier molecular flexibility index (Phi) is 6.29. The number of carbonyl (C=O) groups is 1. The average Bonchev–Trinajstić information content (AvgIpc) is 3.15. The van der Waals surface area contributed by atoms with Crippen LogP contribution in [0.15, 0.2) is 54.6 Å². The van der Waals surface area contributed by atoms with Crippen LogP contribution in [-0.2, 0) is 18.0 Å². The van der Waals surface area contributed by atoms with Gasteiger partial charge in [0.15, 0.2) is 0 Å². The van der Waals surface area contributed by atoms with Crippen LogP contribution in [-0.4, -0.2) is 12.1 Å². The Bertz CT molecular complexity index is 670. The lowest BCUT2D eigenvalue weighted by molar-refractivity contribution is 0.0489. The summed E-state index contributed by atoms with van der Waals surface area (Å²) in [6.45, 7) is 0.721. The van der Waals surface area contributed by atoms with E-state index in [0.717, 1.165) is 29.7 Å². The number of urea groups is 1. The van der Waals surface area contributed by atoms with Gasteiger partial charge in [0.2, 0.25) is 0 Å². The summed E-state index contributed by atoms with van der Waals surface area (Å²) in [7, 11) is 0. The van der Waals surface area contributed by atoms with Crippen LogP contribution in [0.4, 0.5) is 4.79 Å². The fourth-order valence-corrected chi connectivity index (χ4v) is 2.92. The number of hydrogen-bond donors (Lipinski definition) is 2. The van der Waals surface area contributed by atoms with Gasteiger partial charge in [0.25, 0.3) is 0 Å². The second-order valence-corrected chi connectivity index (χ2v) is 6.19. The van der Waals surface area contributed by atoms with Gasteiger partial charge in [0.05, 0.1) is 12.7 Å². The molecule has 25 heavy (non-hydrogen) atoms.